The van der Waals surface area contributed by atoms with E-state index in [-0.39, 0.29) is 0 Å². The molecule has 0 bridgehead atoms. The normalized spacial score (nSPS) is 12.4. The maximum absolute atomic E-state index is 4.11. The van der Waals surface area contributed by atoms with Crippen molar-refractivity contribution in [3.63, 3.8) is 0 Å². The lowest BCUT2D eigenvalue weighted by molar-refractivity contribution is 0.549. The Bertz CT molecular complexity index is 707. The van der Waals surface area contributed by atoms with Crippen LogP contribution in [0.1, 0.15) is 24.1 Å². The van der Waals surface area contributed by atoms with Gasteiger partial charge >= 0.3 is 0 Å². The van der Waals surface area contributed by atoms with E-state index in [1.165, 1.54) is 21.9 Å². The lowest BCUT2D eigenvalue weighted by Crippen LogP contribution is -2.22. The van der Waals surface area contributed by atoms with Crippen LogP contribution < -0.4 is 5.32 Å². The Labute approximate surface area is 125 Å². The number of pyridine rings is 1. The number of fused-ring (bicyclic) bond motifs is 1. The fourth-order valence-electron chi connectivity index (χ4n) is 2.75. The highest BCUT2D eigenvalue weighted by Crippen LogP contribution is 2.21. The van der Waals surface area contributed by atoms with Crippen LogP contribution in [-0.2, 0) is 6.42 Å². The first-order valence-electron chi connectivity index (χ1n) is 7.48. The van der Waals surface area contributed by atoms with E-state index >= 15 is 0 Å². The van der Waals surface area contributed by atoms with Crippen LogP contribution in [0.15, 0.2) is 67.0 Å². The van der Waals surface area contributed by atoms with Crippen LogP contribution >= 0.6 is 0 Å². The highest BCUT2D eigenvalue weighted by atomic mass is 14.9. The molecule has 1 aromatic heterocycles. The average Bonchev–Trinajstić information content (AvgIpc) is 2.55. The van der Waals surface area contributed by atoms with Gasteiger partial charge in [-0.25, -0.2) is 0 Å². The van der Waals surface area contributed by atoms with Crippen LogP contribution in [0.2, 0.25) is 0 Å². The Balaban J connectivity index is 1.87. The Morgan fingerprint density at radius 2 is 1.71 bits per heavy atom. The van der Waals surface area contributed by atoms with Crippen molar-refractivity contribution in [1.29, 1.82) is 0 Å². The van der Waals surface area contributed by atoms with Gasteiger partial charge in [-0.3, -0.25) is 4.98 Å². The number of nitrogens with zero attached hydrogens (tertiary/aromatic N) is 1. The summed E-state index contributed by atoms with van der Waals surface area (Å²) in [5, 5.41) is 6.17. The van der Waals surface area contributed by atoms with Crippen molar-refractivity contribution in [1.82, 2.24) is 10.3 Å². The van der Waals surface area contributed by atoms with Gasteiger partial charge in [0.1, 0.15) is 0 Å². The Hall–Kier alpha value is -2.19. The first kappa shape index (κ1) is 13.8. The average molecular weight is 276 g/mol. The van der Waals surface area contributed by atoms with Crippen LogP contribution in [0.4, 0.5) is 0 Å². The maximum Gasteiger partial charge on any atom is 0.0361 e. The van der Waals surface area contributed by atoms with E-state index in [2.05, 4.69) is 71.8 Å². The number of likely N-dealkylation sites (N-methyl/N-ethyl adjacent to an activating group) is 1. The Morgan fingerprint density at radius 1 is 0.952 bits per heavy atom. The molecule has 3 rings (SSSR count). The van der Waals surface area contributed by atoms with Gasteiger partial charge in [0.2, 0.25) is 0 Å². The van der Waals surface area contributed by atoms with E-state index in [9.17, 15) is 0 Å². The minimum Gasteiger partial charge on any atom is -0.310 e. The molecule has 2 aromatic carbocycles. The van der Waals surface area contributed by atoms with Crippen molar-refractivity contribution in [2.24, 2.45) is 0 Å². The SMILES string of the molecule is CCNC(Cc1ccc2ccccc2c1)c1ccncc1. The van der Waals surface area contributed by atoms with Crippen molar-refractivity contribution in [2.75, 3.05) is 6.54 Å². The van der Waals surface area contributed by atoms with Crippen molar-refractivity contribution >= 4 is 10.8 Å². The molecule has 2 nitrogen and oxygen atoms in total. The summed E-state index contributed by atoms with van der Waals surface area (Å²) >= 11 is 0. The van der Waals surface area contributed by atoms with E-state index in [1.807, 2.05) is 12.4 Å². The number of rotatable bonds is 5. The third-order valence-electron chi connectivity index (χ3n) is 3.81. The summed E-state index contributed by atoms with van der Waals surface area (Å²) in [5.74, 6) is 0. The smallest absolute Gasteiger partial charge is 0.0361 e. The molecule has 21 heavy (non-hydrogen) atoms. The molecule has 0 aliphatic heterocycles. The molecule has 0 saturated carbocycles. The van der Waals surface area contributed by atoms with Gasteiger partial charge < -0.3 is 5.32 Å². The number of benzene rings is 2. The number of aromatic nitrogens is 1. The molecule has 0 aliphatic rings. The predicted octanol–water partition coefficient (Wildman–Crippen LogP) is 4.13. The quantitative estimate of drug-likeness (QED) is 0.758. The standard InChI is InChI=1S/C19H20N2/c1-2-21-19(17-9-11-20-12-10-17)14-15-7-8-16-5-3-4-6-18(16)13-15/h3-13,19,21H,2,14H2,1H3. The summed E-state index contributed by atoms with van der Waals surface area (Å²) < 4.78 is 0. The van der Waals surface area contributed by atoms with Gasteiger partial charge in [0.15, 0.2) is 0 Å². The first-order chi connectivity index (χ1) is 10.4. The Morgan fingerprint density at radius 3 is 2.48 bits per heavy atom. The van der Waals surface area contributed by atoms with Gasteiger partial charge in [0.25, 0.3) is 0 Å². The number of hydrogen-bond donors (Lipinski definition) is 1. The lowest BCUT2D eigenvalue weighted by Gasteiger charge is -2.18. The molecule has 1 atom stereocenters. The second-order valence-corrected chi connectivity index (χ2v) is 5.28. The zero-order valence-electron chi connectivity index (χ0n) is 12.3. The molecule has 1 N–H and O–H groups in total. The van der Waals surface area contributed by atoms with Crippen molar-refractivity contribution < 1.29 is 0 Å². The summed E-state index contributed by atoms with van der Waals surface area (Å²) in [7, 11) is 0. The lowest BCUT2D eigenvalue weighted by atomic mass is 9.97. The zero-order valence-corrected chi connectivity index (χ0v) is 12.3. The molecule has 106 valence electrons. The molecule has 0 spiro atoms. The van der Waals surface area contributed by atoms with Gasteiger partial charge in [-0.1, -0.05) is 49.4 Å². The van der Waals surface area contributed by atoms with Gasteiger partial charge in [-0.05, 0) is 47.0 Å². The molecule has 1 heterocycles. The molecule has 0 radical (unpaired) electrons. The summed E-state index contributed by atoms with van der Waals surface area (Å²) in [5.41, 5.74) is 2.65. The van der Waals surface area contributed by atoms with Crippen molar-refractivity contribution in [2.45, 2.75) is 19.4 Å². The second-order valence-electron chi connectivity index (χ2n) is 5.28. The molecule has 0 amide bonds. The van der Waals surface area contributed by atoms with E-state index < -0.39 is 0 Å². The fraction of sp³-hybridized carbons (Fsp3) is 0.211. The highest BCUT2D eigenvalue weighted by Gasteiger charge is 2.11. The third-order valence-corrected chi connectivity index (χ3v) is 3.81. The maximum atomic E-state index is 4.11. The van der Waals surface area contributed by atoms with Crippen molar-refractivity contribution in [3.05, 3.63) is 78.1 Å². The molecule has 1 unspecified atom stereocenters. The first-order valence-corrected chi connectivity index (χ1v) is 7.48. The summed E-state index contributed by atoms with van der Waals surface area (Å²) in [6.45, 7) is 3.11. The second kappa shape index (κ2) is 6.51. The molecule has 0 fully saturated rings. The van der Waals surface area contributed by atoms with E-state index in [4.69, 9.17) is 0 Å². The molecular weight excluding hydrogens is 256 g/mol. The number of hydrogen-bond acceptors (Lipinski definition) is 2. The predicted molar refractivity (Wildman–Crippen MR) is 88.3 cm³/mol. The summed E-state index contributed by atoms with van der Waals surface area (Å²) in [6, 6.07) is 19.8. The molecular formula is C19H20N2. The van der Waals surface area contributed by atoms with E-state index in [1.54, 1.807) is 0 Å². The fourth-order valence-corrected chi connectivity index (χ4v) is 2.75. The minimum absolute atomic E-state index is 0.333. The highest BCUT2D eigenvalue weighted by molar-refractivity contribution is 5.83. The summed E-state index contributed by atoms with van der Waals surface area (Å²) in [4.78, 5) is 4.11. The van der Waals surface area contributed by atoms with Crippen molar-refractivity contribution in [3.8, 4) is 0 Å². The van der Waals surface area contributed by atoms with Gasteiger partial charge in [0.05, 0.1) is 0 Å². The molecule has 2 heteroatoms. The van der Waals surface area contributed by atoms with Crippen LogP contribution in [0.5, 0.6) is 0 Å². The Kier molecular flexibility index (Phi) is 4.27. The largest absolute Gasteiger partial charge is 0.310 e. The van der Waals surface area contributed by atoms with E-state index in [0.717, 1.165) is 13.0 Å². The minimum atomic E-state index is 0.333. The third kappa shape index (κ3) is 3.29. The topological polar surface area (TPSA) is 24.9 Å². The zero-order chi connectivity index (χ0) is 14.5. The van der Waals surface area contributed by atoms with Gasteiger partial charge in [-0.15, -0.1) is 0 Å². The number of nitrogens with one attached hydrogen (secondary N) is 1. The molecule has 0 saturated heterocycles. The van der Waals surface area contributed by atoms with Gasteiger partial charge in [-0.2, -0.15) is 0 Å². The molecule has 0 aliphatic carbocycles. The monoisotopic (exact) mass is 276 g/mol. The van der Waals surface area contributed by atoms with E-state index in [0.29, 0.717) is 6.04 Å². The van der Waals surface area contributed by atoms with Crippen LogP contribution in [-0.4, -0.2) is 11.5 Å². The van der Waals surface area contributed by atoms with Crippen LogP contribution in [0, 0.1) is 0 Å². The van der Waals surface area contributed by atoms with Crippen LogP contribution in [0.25, 0.3) is 10.8 Å². The summed E-state index contributed by atoms with van der Waals surface area (Å²) in [6.07, 6.45) is 4.71. The molecule has 3 aromatic rings. The van der Waals surface area contributed by atoms with Crippen LogP contribution in [0.3, 0.4) is 0 Å². The van der Waals surface area contributed by atoms with Gasteiger partial charge in [0, 0.05) is 18.4 Å².